The van der Waals surface area contributed by atoms with Crippen LogP contribution in [0.4, 0.5) is 0 Å². The van der Waals surface area contributed by atoms with Crippen LogP contribution >= 0.6 is 0 Å². The van der Waals surface area contributed by atoms with Crippen LogP contribution in [0.3, 0.4) is 0 Å². The Morgan fingerprint density at radius 3 is 2.00 bits per heavy atom. The molecule has 0 spiro atoms. The molecule has 4 amide bonds. The molecule has 1 saturated heterocycles. The van der Waals surface area contributed by atoms with Crippen molar-refractivity contribution in [3.05, 3.63) is 12.2 Å². The van der Waals surface area contributed by atoms with E-state index in [9.17, 15) is 32.4 Å². The summed E-state index contributed by atoms with van der Waals surface area (Å²) in [5.74, 6) is -4.24. The molecule has 0 unspecified atom stereocenters. The molecule has 0 bridgehead atoms. The van der Waals surface area contributed by atoms with E-state index in [0.29, 0.717) is 25.7 Å². The molecular weight excluding hydrogens is 380 g/mol. The molecule has 146 valence electrons. The van der Waals surface area contributed by atoms with E-state index in [0.717, 1.165) is 4.90 Å². The second-order valence-electron chi connectivity index (χ2n) is 6.75. The predicted octanol–water partition coefficient (Wildman–Crippen LogP) is -0.345. The Bertz CT molecular complexity index is 804. The lowest BCUT2D eigenvalue weighted by atomic mass is 9.82. The van der Waals surface area contributed by atoms with Crippen molar-refractivity contribution in [2.75, 3.05) is 6.54 Å². The zero-order valence-electron chi connectivity index (χ0n) is 14.3. The molecule has 3 aliphatic rings. The number of hydrogen-bond acceptors (Lipinski definition) is 8. The first-order chi connectivity index (χ1) is 12.7. The topological polar surface area (TPSA) is 135 Å². The van der Waals surface area contributed by atoms with E-state index in [1.807, 2.05) is 0 Å². The molecule has 0 aromatic carbocycles. The monoisotopic (exact) mass is 398 g/mol. The molecule has 1 aliphatic carbocycles. The highest BCUT2D eigenvalue weighted by Gasteiger charge is 2.43. The van der Waals surface area contributed by atoms with Gasteiger partial charge in [0.25, 0.3) is 11.8 Å². The van der Waals surface area contributed by atoms with Crippen LogP contribution in [-0.2, 0) is 38.5 Å². The maximum absolute atomic E-state index is 12.2. The first-order valence-electron chi connectivity index (χ1n) is 8.57. The number of nitrogens with zero attached hydrogens (tertiary/aromatic N) is 2. The van der Waals surface area contributed by atoms with E-state index in [4.69, 9.17) is 0 Å². The van der Waals surface area contributed by atoms with Crippen LogP contribution in [0, 0.1) is 11.8 Å². The van der Waals surface area contributed by atoms with Gasteiger partial charge in [-0.15, -0.1) is 4.31 Å². The largest absolute Gasteiger partial charge is 0.421 e. The standard InChI is InChI=1S/C16H18N2O8S/c19-12-5-6-13(20)17(12)9-10-1-3-11(4-2-10)16(23)26-27(24,25)18-14(21)7-8-15(18)22/h5-6,10-11H,1-4,7-9H2. The van der Waals surface area contributed by atoms with Crippen LogP contribution in [0.5, 0.6) is 0 Å². The molecule has 2 fully saturated rings. The molecule has 0 aromatic rings. The zero-order chi connectivity index (χ0) is 19.8. The lowest BCUT2D eigenvalue weighted by Gasteiger charge is -2.29. The Labute approximate surface area is 155 Å². The normalized spacial score (nSPS) is 26.2. The third kappa shape index (κ3) is 3.92. The maximum Gasteiger partial charge on any atom is 0.421 e. The molecule has 11 heteroatoms. The number of imide groups is 2. The minimum atomic E-state index is -4.77. The molecule has 0 N–H and O–H groups in total. The van der Waals surface area contributed by atoms with Crippen LogP contribution in [-0.4, -0.2) is 53.8 Å². The first kappa shape index (κ1) is 19.2. The van der Waals surface area contributed by atoms with Crippen LogP contribution < -0.4 is 0 Å². The maximum atomic E-state index is 12.2. The van der Waals surface area contributed by atoms with Crippen LogP contribution in [0.15, 0.2) is 12.2 Å². The van der Waals surface area contributed by atoms with Gasteiger partial charge in [-0.3, -0.25) is 28.9 Å². The van der Waals surface area contributed by atoms with Gasteiger partial charge < -0.3 is 4.18 Å². The summed E-state index contributed by atoms with van der Waals surface area (Å²) in [7, 11) is -4.77. The lowest BCUT2D eigenvalue weighted by molar-refractivity contribution is -0.142. The minimum absolute atomic E-state index is 0.00806. The molecule has 27 heavy (non-hydrogen) atoms. The summed E-state index contributed by atoms with van der Waals surface area (Å²) < 4.78 is 28.6. The fourth-order valence-corrected chi connectivity index (χ4v) is 4.56. The number of carbonyl (C=O) groups excluding carboxylic acids is 5. The molecule has 0 radical (unpaired) electrons. The van der Waals surface area contributed by atoms with Crippen molar-refractivity contribution in [2.24, 2.45) is 11.8 Å². The first-order valence-corrected chi connectivity index (χ1v) is 9.93. The van der Waals surface area contributed by atoms with Gasteiger partial charge in [-0.25, -0.2) is 0 Å². The Balaban J connectivity index is 1.53. The van der Waals surface area contributed by atoms with Crippen LogP contribution in [0.1, 0.15) is 38.5 Å². The summed E-state index contributed by atoms with van der Waals surface area (Å²) in [6.07, 6.45) is 3.62. The zero-order valence-corrected chi connectivity index (χ0v) is 15.1. The molecular formula is C16H18N2O8S. The van der Waals surface area contributed by atoms with Gasteiger partial charge in [0.05, 0.1) is 5.92 Å². The van der Waals surface area contributed by atoms with Gasteiger partial charge in [0.15, 0.2) is 0 Å². The average Bonchev–Trinajstić information content (AvgIpc) is 3.11. The summed E-state index contributed by atoms with van der Waals surface area (Å²) in [5.41, 5.74) is 0. The van der Waals surface area contributed by atoms with Crippen molar-refractivity contribution < 1.29 is 36.6 Å². The minimum Gasteiger partial charge on any atom is -0.329 e. The van der Waals surface area contributed by atoms with E-state index in [1.165, 1.54) is 12.2 Å². The van der Waals surface area contributed by atoms with E-state index in [-0.39, 0.29) is 41.4 Å². The van der Waals surface area contributed by atoms with Gasteiger partial charge in [0.2, 0.25) is 11.8 Å². The van der Waals surface area contributed by atoms with Gasteiger partial charge in [-0.1, -0.05) is 0 Å². The number of rotatable bonds is 5. The SMILES string of the molecule is O=C(OS(=O)(=O)N1C(=O)CCC1=O)C1CCC(CN2C(=O)C=CC2=O)CC1. The fourth-order valence-electron chi connectivity index (χ4n) is 3.46. The Hall–Kier alpha value is -2.56. The van der Waals surface area contributed by atoms with Gasteiger partial charge in [-0.05, 0) is 31.6 Å². The summed E-state index contributed by atoms with van der Waals surface area (Å²) in [6, 6.07) is 0. The van der Waals surface area contributed by atoms with Crippen molar-refractivity contribution in [1.82, 2.24) is 9.21 Å². The van der Waals surface area contributed by atoms with Gasteiger partial charge >= 0.3 is 16.3 Å². The summed E-state index contributed by atoms with van der Waals surface area (Å²) in [5, 5.41) is 0. The quantitative estimate of drug-likeness (QED) is 0.574. The van der Waals surface area contributed by atoms with Crippen molar-refractivity contribution in [1.29, 1.82) is 0 Å². The molecule has 10 nitrogen and oxygen atoms in total. The number of hydrogen-bond donors (Lipinski definition) is 0. The highest BCUT2D eigenvalue weighted by Crippen LogP contribution is 2.31. The smallest absolute Gasteiger partial charge is 0.329 e. The van der Waals surface area contributed by atoms with E-state index in [1.54, 1.807) is 0 Å². The average molecular weight is 398 g/mol. The third-order valence-corrected chi connectivity index (χ3v) is 6.17. The summed E-state index contributed by atoms with van der Waals surface area (Å²) >= 11 is 0. The van der Waals surface area contributed by atoms with Crippen LogP contribution in [0.25, 0.3) is 0 Å². The predicted molar refractivity (Wildman–Crippen MR) is 87.4 cm³/mol. The second kappa shape index (κ2) is 7.22. The van der Waals surface area contributed by atoms with Gasteiger partial charge in [-0.2, -0.15) is 8.42 Å². The molecule has 2 aliphatic heterocycles. The van der Waals surface area contributed by atoms with E-state index < -0.39 is 34.0 Å². The summed E-state index contributed by atoms with van der Waals surface area (Å²) in [6.45, 7) is 0.252. The fraction of sp³-hybridized carbons (Fsp3) is 0.562. The molecule has 2 heterocycles. The van der Waals surface area contributed by atoms with E-state index >= 15 is 0 Å². The highest BCUT2D eigenvalue weighted by atomic mass is 32.2. The Kier molecular flexibility index (Phi) is 5.13. The highest BCUT2D eigenvalue weighted by molar-refractivity contribution is 7.86. The Morgan fingerprint density at radius 2 is 1.48 bits per heavy atom. The van der Waals surface area contributed by atoms with Crippen molar-refractivity contribution in [3.63, 3.8) is 0 Å². The molecule has 1 saturated carbocycles. The Morgan fingerprint density at radius 1 is 0.963 bits per heavy atom. The second-order valence-corrected chi connectivity index (χ2v) is 8.14. The number of carbonyl (C=O) groups is 5. The lowest BCUT2D eigenvalue weighted by Crippen LogP contribution is -2.40. The van der Waals surface area contributed by atoms with Crippen molar-refractivity contribution >= 4 is 39.9 Å². The van der Waals surface area contributed by atoms with Crippen molar-refractivity contribution in [3.8, 4) is 0 Å². The van der Waals surface area contributed by atoms with Gasteiger partial charge in [0, 0.05) is 31.5 Å². The third-order valence-electron chi connectivity index (χ3n) is 4.94. The number of amides is 4. The van der Waals surface area contributed by atoms with E-state index in [2.05, 4.69) is 4.18 Å². The van der Waals surface area contributed by atoms with Gasteiger partial charge in [0.1, 0.15) is 0 Å². The summed E-state index contributed by atoms with van der Waals surface area (Å²) in [4.78, 5) is 59.5. The van der Waals surface area contributed by atoms with Crippen molar-refractivity contribution in [2.45, 2.75) is 38.5 Å². The van der Waals surface area contributed by atoms with Crippen LogP contribution in [0.2, 0.25) is 0 Å². The molecule has 3 rings (SSSR count). The molecule has 0 atom stereocenters. The molecule has 0 aromatic heterocycles.